The van der Waals surface area contributed by atoms with Gasteiger partial charge in [-0.1, -0.05) is 11.6 Å². The summed E-state index contributed by atoms with van der Waals surface area (Å²) in [4.78, 5) is 20.0. The second-order valence-corrected chi connectivity index (χ2v) is 6.27. The van der Waals surface area contributed by atoms with Crippen molar-refractivity contribution in [1.82, 2.24) is 19.6 Å². The van der Waals surface area contributed by atoms with E-state index in [0.29, 0.717) is 17.2 Å². The highest BCUT2D eigenvalue weighted by atomic mass is 16.5. The lowest BCUT2D eigenvalue weighted by molar-refractivity contribution is 0.100. The number of fused-ring (bicyclic) bond motifs is 1. The number of primary amides is 1. The number of hydrogen-bond donors (Lipinski definition) is 2. The maximum atomic E-state index is 11.2. The first-order valence-corrected chi connectivity index (χ1v) is 8.58. The maximum Gasteiger partial charge on any atom is 0.254 e. The molecule has 2 aromatic carbocycles. The zero-order valence-corrected chi connectivity index (χ0v) is 15.4. The van der Waals surface area contributed by atoms with Crippen molar-refractivity contribution in [3.8, 4) is 17.0 Å². The second-order valence-electron chi connectivity index (χ2n) is 6.27. The molecular formula is C20H18N6O2. The minimum absolute atomic E-state index is 0.441. The molecule has 0 aliphatic carbocycles. The van der Waals surface area contributed by atoms with E-state index in [1.54, 1.807) is 35.9 Å². The van der Waals surface area contributed by atoms with Crippen LogP contribution in [0.1, 0.15) is 15.9 Å². The number of hydrogen-bond acceptors (Lipinski definition) is 6. The number of nitrogens with one attached hydrogen (secondary N) is 1. The fourth-order valence-electron chi connectivity index (χ4n) is 2.96. The Bertz CT molecular complexity index is 1170. The van der Waals surface area contributed by atoms with Gasteiger partial charge in [-0.05, 0) is 43.3 Å². The first kappa shape index (κ1) is 17.5. The molecule has 0 bridgehead atoms. The molecule has 140 valence electrons. The average Bonchev–Trinajstić information content (AvgIpc) is 3.16. The topological polar surface area (TPSA) is 107 Å². The number of amides is 1. The van der Waals surface area contributed by atoms with Crippen LogP contribution in [0, 0.1) is 6.92 Å². The number of carbonyl (C=O) groups is 1. The van der Waals surface area contributed by atoms with Gasteiger partial charge in [-0.25, -0.2) is 0 Å². The SMILES string of the molecule is COc1ccc(C)cc1-c1cc(Nc2ccc(C(N)=O)cc2)nc2ncnn12. The number of anilines is 2. The van der Waals surface area contributed by atoms with Crippen molar-refractivity contribution >= 4 is 23.2 Å². The minimum Gasteiger partial charge on any atom is -0.496 e. The van der Waals surface area contributed by atoms with Gasteiger partial charge in [0.15, 0.2) is 0 Å². The number of benzene rings is 2. The van der Waals surface area contributed by atoms with Crippen molar-refractivity contribution in [3.05, 3.63) is 66.0 Å². The zero-order valence-electron chi connectivity index (χ0n) is 15.4. The lowest BCUT2D eigenvalue weighted by atomic mass is 10.1. The van der Waals surface area contributed by atoms with Gasteiger partial charge in [0.1, 0.15) is 17.9 Å². The van der Waals surface area contributed by atoms with E-state index in [9.17, 15) is 4.79 Å². The van der Waals surface area contributed by atoms with Crippen molar-refractivity contribution < 1.29 is 9.53 Å². The molecule has 0 saturated carbocycles. The summed E-state index contributed by atoms with van der Waals surface area (Å²) < 4.78 is 7.19. The predicted molar refractivity (Wildman–Crippen MR) is 106 cm³/mol. The molecule has 8 heteroatoms. The lowest BCUT2D eigenvalue weighted by Crippen LogP contribution is -2.10. The summed E-state index contributed by atoms with van der Waals surface area (Å²) >= 11 is 0. The average molecular weight is 374 g/mol. The van der Waals surface area contributed by atoms with Crippen molar-refractivity contribution in [1.29, 1.82) is 0 Å². The summed E-state index contributed by atoms with van der Waals surface area (Å²) in [5.74, 6) is 1.30. The fraction of sp³-hybridized carbons (Fsp3) is 0.100. The van der Waals surface area contributed by atoms with Crippen molar-refractivity contribution in [2.24, 2.45) is 5.73 Å². The van der Waals surface area contributed by atoms with Crippen LogP contribution in [0.15, 0.2) is 54.9 Å². The largest absolute Gasteiger partial charge is 0.496 e. The molecular weight excluding hydrogens is 356 g/mol. The number of nitrogens with two attached hydrogens (primary N) is 1. The van der Waals surface area contributed by atoms with Crippen LogP contribution in [0.25, 0.3) is 17.0 Å². The van der Waals surface area contributed by atoms with Crippen molar-refractivity contribution in [3.63, 3.8) is 0 Å². The Hall–Kier alpha value is -3.94. The lowest BCUT2D eigenvalue weighted by Gasteiger charge is -2.13. The van der Waals surface area contributed by atoms with E-state index >= 15 is 0 Å². The number of ether oxygens (including phenoxy) is 1. The molecule has 8 nitrogen and oxygen atoms in total. The molecule has 3 N–H and O–H groups in total. The van der Waals surface area contributed by atoms with Gasteiger partial charge < -0.3 is 15.8 Å². The fourth-order valence-corrected chi connectivity index (χ4v) is 2.96. The Labute approximate surface area is 161 Å². The highest BCUT2D eigenvalue weighted by Gasteiger charge is 2.14. The van der Waals surface area contributed by atoms with E-state index < -0.39 is 5.91 Å². The Morgan fingerprint density at radius 2 is 1.93 bits per heavy atom. The number of methoxy groups -OCH3 is 1. The predicted octanol–water partition coefficient (Wildman–Crippen LogP) is 2.95. The first-order valence-electron chi connectivity index (χ1n) is 8.58. The summed E-state index contributed by atoms with van der Waals surface area (Å²) in [6.07, 6.45) is 1.46. The molecule has 2 heterocycles. The van der Waals surface area contributed by atoms with Crippen LogP contribution in [0.4, 0.5) is 11.5 Å². The normalized spacial score (nSPS) is 10.8. The summed E-state index contributed by atoms with van der Waals surface area (Å²) in [6, 6.07) is 14.7. The zero-order chi connectivity index (χ0) is 19.7. The van der Waals surface area contributed by atoms with Gasteiger partial charge in [-0.15, -0.1) is 0 Å². The maximum absolute atomic E-state index is 11.2. The molecule has 2 aromatic heterocycles. The van der Waals surface area contributed by atoms with Crippen molar-refractivity contribution in [2.45, 2.75) is 6.92 Å². The summed E-state index contributed by atoms with van der Waals surface area (Å²) in [7, 11) is 1.63. The molecule has 0 atom stereocenters. The molecule has 0 saturated heterocycles. The Morgan fingerprint density at radius 1 is 1.14 bits per heavy atom. The number of rotatable bonds is 5. The highest BCUT2D eigenvalue weighted by Crippen LogP contribution is 2.32. The molecule has 0 aliphatic heterocycles. The number of carbonyl (C=O) groups excluding carboxylic acids is 1. The Balaban J connectivity index is 1.79. The third-order valence-corrected chi connectivity index (χ3v) is 4.32. The van der Waals surface area contributed by atoms with Gasteiger partial charge in [-0.3, -0.25) is 4.79 Å². The molecule has 0 unspecified atom stereocenters. The quantitative estimate of drug-likeness (QED) is 0.556. The summed E-state index contributed by atoms with van der Waals surface area (Å²) in [6.45, 7) is 2.02. The molecule has 4 rings (SSSR count). The van der Waals surface area contributed by atoms with Gasteiger partial charge in [0.25, 0.3) is 5.78 Å². The van der Waals surface area contributed by atoms with E-state index in [2.05, 4.69) is 20.4 Å². The highest BCUT2D eigenvalue weighted by molar-refractivity contribution is 5.93. The molecule has 28 heavy (non-hydrogen) atoms. The second kappa shape index (κ2) is 6.99. The van der Waals surface area contributed by atoms with Crippen LogP contribution in [0.2, 0.25) is 0 Å². The van der Waals surface area contributed by atoms with Crippen LogP contribution < -0.4 is 15.8 Å². The van der Waals surface area contributed by atoms with Gasteiger partial charge in [0, 0.05) is 22.9 Å². The molecule has 4 aromatic rings. The van der Waals surface area contributed by atoms with Gasteiger partial charge in [-0.2, -0.15) is 19.6 Å². The standard InChI is InChI=1S/C20H18N6O2/c1-12-3-8-17(28-2)15(9-12)16-10-18(25-20-22-11-23-26(16)20)24-14-6-4-13(5-7-14)19(21)27/h3-11H,1-2H3,(H2,21,27)(H,22,23,24,25). The van der Waals surface area contributed by atoms with Gasteiger partial charge >= 0.3 is 0 Å². The van der Waals surface area contributed by atoms with E-state index in [1.165, 1.54) is 6.33 Å². The molecule has 0 aliphatic rings. The molecule has 0 radical (unpaired) electrons. The number of aryl methyl sites for hydroxylation is 1. The van der Waals surface area contributed by atoms with E-state index in [4.69, 9.17) is 10.5 Å². The van der Waals surface area contributed by atoms with Crippen LogP contribution in [-0.4, -0.2) is 32.6 Å². The monoisotopic (exact) mass is 374 g/mol. The third kappa shape index (κ3) is 3.23. The first-order chi connectivity index (χ1) is 13.5. The van der Waals surface area contributed by atoms with E-state index in [0.717, 1.165) is 28.3 Å². The van der Waals surface area contributed by atoms with Crippen LogP contribution in [0.3, 0.4) is 0 Å². The summed E-state index contributed by atoms with van der Waals surface area (Å²) in [5.41, 5.74) is 9.27. The Morgan fingerprint density at radius 3 is 2.64 bits per heavy atom. The van der Waals surface area contributed by atoms with Gasteiger partial charge in [0.2, 0.25) is 5.91 Å². The third-order valence-electron chi connectivity index (χ3n) is 4.32. The smallest absolute Gasteiger partial charge is 0.254 e. The van der Waals surface area contributed by atoms with Gasteiger partial charge in [0.05, 0.1) is 12.8 Å². The van der Waals surface area contributed by atoms with E-state index in [1.807, 2.05) is 31.2 Å². The van der Waals surface area contributed by atoms with Crippen LogP contribution >= 0.6 is 0 Å². The number of nitrogens with zero attached hydrogens (tertiary/aromatic N) is 4. The van der Waals surface area contributed by atoms with Crippen molar-refractivity contribution in [2.75, 3.05) is 12.4 Å². The molecule has 0 spiro atoms. The van der Waals surface area contributed by atoms with E-state index in [-0.39, 0.29) is 0 Å². The van der Waals surface area contributed by atoms with Crippen LogP contribution in [0.5, 0.6) is 5.75 Å². The van der Waals surface area contributed by atoms with Crippen LogP contribution in [-0.2, 0) is 0 Å². The minimum atomic E-state index is -0.469. The Kier molecular flexibility index (Phi) is 4.36. The molecule has 1 amide bonds. The molecule has 0 fully saturated rings. The summed E-state index contributed by atoms with van der Waals surface area (Å²) in [5, 5.41) is 7.52. The number of aromatic nitrogens is 4.